The molecule has 218 valence electrons. The van der Waals surface area contributed by atoms with Crippen LogP contribution in [0, 0.1) is 23.0 Å². The average molecular weight is 631 g/mol. The molecule has 0 aliphatic heterocycles. The number of thiophene rings is 1. The van der Waals surface area contributed by atoms with Crippen LogP contribution in [0.2, 0.25) is 0 Å². The number of nitriles is 1. The van der Waals surface area contributed by atoms with Crippen LogP contribution in [0.5, 0.6) is 17.2 Å². The highest BCUT2D eigenvalue weighted by Crippen LogP contribution is 2.46. The second-order valence-electron chi connectivity index (χ2n) is 7.72. The van der Waals surface area contributed by atoms with Crippen molar-refractivity contribution >= 4 is 39.0 Å². The number of sulfonamides is 1. The topological polar surface area (TPSA) is 187 Å². The van der Waals surface area contributed by atoms with Crippen LogP contribution in [0.4, 0.5) is 22.0 Å². The lowest BCUT2D eigenvalue weighted by atomic mass is 10.1. The average Bonchev–Trinajstić information content (AvgIpc) is 3.35. The summed E-state index contributed by atoms with van der Waals surface area (Å²) in [6, 6.07) is 3.91. The number of nitrogens with one attached hydrogen (secondary N) is 1. The zero-order valence-corrected chi connectivity index (χ0v) is 22.5. The lowest BCUT2D eigenvalue weighted by Crippen LogP contribution is -2.25. The van der Waals surface area contributed by atoms with Crippen molar-refractivity contribution in [3.05, 3.63) is 47.0 Å². The SMILES string of the molecule is N#Cc1ccc(OP(=O)(O)CNS(=O)(=O)c2cc3c(F)c(OCCN)c(OCCN)c(F)c3s2)cc1C(F)(F)F. The number of rotatable bonds is 12. The van der Waals surface area contributed by atoms with Gasteiger partial charge in [-0.05, 0) is 24.3 Å². The molecule has 3 aromatic rings. The number of nitrogens with two attached hydrogens (primary N) is 2. The Hall–Kier alpha value is -3.04. The second kappa shape index (κ2) is 12.2. The standard InChI is InChI=1S/C21H20F5N4O7PS2/c22-16-13-8-15(39-20(13)17(23)19(36-6-4-28)18(16)35-5-3-27)40(33,34)30-10-38(31,32)37-12-2-1-11(9-29)14(7-12)21(24,25)26/h1-2,7-8,30H,3-6,10,27-28H2,(H,31,32). The Morgan fingerprint density at radius 3 is 2.23 bits per heavy atom. The molecule has 6 N–H and O–H groups in total. The third-order valence-electron chi connectivity index (χ3n) is 4.86. The molecule has 0 fully saturated rings. The molecule has 1 heterocycles. The molecule has 0 saturated heterocycles. The smallest absolute Gasteiger partial charge is 0.417 e. The number of nitrogens with zero attached hydrogens (tertiary/aromatic N) is 1. The van der Waals surface area contributed by atoms with Gasteiger partial charge in [0.25, 0.3) is 10.0 Å². The molecular formula is C21H20F5N4O7PS2. The highest BCUT2D eigenvalue weighted by atomic mass is 32.2. The number of halogens is 5. The molecule has 0 amide bonds. The van der Waals surface area contributed by atoms with Gasteiger partial charge in [-0.25, -0.2) is 21.8 Å². The fourth-order valence-electron chi connectivity index (χ4n) is 3.18. The van der Waals surface area contributed by atoms with Gasteiger partial charge >= 0.3 is 13.8 Å². The van der Waals surface area contributed by atoms with Crippen molar-refractivity contribution in [3.63, 3.8) is 0 Å². The van der Waals surface area contributed by atoms with E-state index in [4.69, 9.17) is 26.2 Å². The van der Waals surface area contributed by atoms with Crippen LogP contribution in [0.15, 0.2) is 28.5 Å². The molecule has 1 aromatic heterocycles. The lowest BCUT2D eigenvalue weighted by molar-refractivity contribution is -0.137. The largest absolute Gasteiger partial charge is 0.486 e. The molecule has 1 atom stereocenters. The van der Waals surface area contributed by atoms with Crippen molar-refractivity contribution in [2.24, 2.45) is 11.5 Å². The van der Waals surface area contributed by atoms with E-state index in [1.54, 1.807) is 4.72 Å². The Morgan fingerprint density at radius 2 is 1.68 bits per heavy atom. The van der Waals surface area contributed by atoms with E-state index in [1.165, 1.54) is 6.07 Å². The van der Waals surface area contributed by atoms with Crippen LogP contribution in [-0.2, 0) is 20.8 Å². The third kappa shape index (κ3) is 6.99. The number of benzene rings is 2. The van der Waals surface area contributed by atoms with Gasteiger partial charge in [0.2, 0.25) is 11.5 Å². The molecule has 11 nitrogen and oxygen atoms in total. The summed E-state index contributed by atoms with van der Waals surface area (Å²) in [7, 11) is -9.67. The van der Waals surface area contributed by atoms with Crippen molar-refractivity contribution in [3.8, 4) is 23.3 Å². The number of hydrogen-bond donors (Lipinski definition) is 4. The van der Waals surface area contributed by atoms with Crippen LogP contribution < -0.4 is 30.2 Å². The summed E-state index contributed by atoms with van der Waals surface area (Å²) in [5.41, 5.74) is 8.47. The van der Waals surface area contributed by atoms with E-state index in [9.17, 15) is 31.0 Å². The molecule has 19 heteroatoms. The molecule has 0 aliphatic carbocycles. The number of alkyl halides is 3. The quantitative estimate of drug-likeness (QED) is 0.171. The van der Waals surface area contributed by atoms with Crippen LogP contribution in [0.1, 0.15) is 11.1 Å². The summed E-state index contributed by atoms with van der Waals surface area (Å²) >= 11 is 0.264. The van der Waals surface area contributed by atoms with Crippen molar-refractivity contribution in [1.29, 1.82) is 5.26 Å². The van der Waals surface area contributed by atoms with Gasteiger partial charge < -0.3 is 30.4 Å². The van der Waals surface area contributed by atoms with Gasteiger partial charge in [-0.1, -0.05) is 0 Å². The Bertz CT molecular complexity index is 1560. The number of fused-ring (bicyclic) bond motifs is 1. The van der Waals surface area contributed by atoms with Crippen molar-refractivity contribution in [2.75, 3.05) is 32.6 Å². The van der Waals surface area contributed by atoms with Gasteiger partial charge in [-0.2, -0.15) is 23.2 Å². The summed E-state index contributed by atoms with van der Waals surface area (Å²) in [6.45, 7) is -0.583. The van der Waals surface area contributed by atoms with Crippen LogP contribution in [-0.4, -0.2) is 45.9 Å². The normalized spacial score (nSPS) is 13.6. The molecule has 40 heavy (non-hydrogen) atoms. The third-order valence-corrected chi connectivity index (χ3v) is 9.13. The van der Waals surface area contributed by atoms with Crippen molar-refractivity contribution in [1.82, 2.24) is 4.72 Å². The van der Waals surface area contributed by atoms with Gasteiger partial charge in [-0.15, -0.1) is 11.3 Å². The van der Waals surface area contributed by atoms with Gasteiger partial charge in [0.05, 0.1) is 21.9 Å². The Labute approximate surface area is 227 Å². The van der Waals surface area contributed by atoms with E-state index in [0.29, 0.717) is 12.1 Å². The van der Waals surface area contributed by atoms with Gasteiger partial charge in [0, 0.05) is 18.5 Å². The van der Waals surface area contributed by atoms with E-state index >= 15 is 8.78 Å². The maximum Gasteiger partial charge on any atom is 0.417 e. The zero-order chi connectivity index (χ0) is 29.9. The fourth-order valence-corrected chi connectivity index (χ4v) is 7.12. The number of hydrogen-bond acceptors (Lipinski definition) is 10. The van der Waals surface area contributed by atoms with E-state index in [1.807, 2.05) is 0 Å². The van der Waals surface area contributed by atoms with Gasteiger partial charge in [-0.3, -0.25) is 0 Å². The van der Waals surface area contributed by atoms with E-state index < -0.39 is 84.4 Å². The van der Waals surface area contributed by atoms with Gasteiger partial charge in [0.1, 0.15) is 29.5 Å². The summed E-state index contributed by atoms with van der Waals surface area (Å²) in [5.74, 6) is -4.39. The predicted octanol–water partition coefficient (Wildman–Crippen LogP) is 3.25. The fraction of sp³-hybridized carbons (Fsp3) is 0.286. The summed E-state index contributed by atoms with van der Waals surface area (Å²) in [5, 5.41) is 8.33. The molecule has 0 spiro atoms. The summed E-state index contributed by atoms with van der Waals surface area (Å²) in [6.07, 6.45) is -6.31. The minimum atomic E-state index is -4.98. The zero-order valence-electron chi connectivity index (χ0n) is 20.0. The molecule has 0 radical (unpaired) electrons. The minimum absolute atomic E-state index is 0.0628. The van der Waals surface area contributed by atoms with Crippen LogP contribution in [0.3, 0.4) is 0 Å². The van der Waals surface area contributed by atoms with Crippen molar-refractivity contribution < 1.29 is 53.8 Å². The molecular weight excluding hydrogens is 610 g/mol. The Morgan fingerprint density at radius 1 is 1.07 bits per heavy atom. The first kappa shape index (κ1) is 31.5. The van der Waals surface area contributed by atoms with Crippen LogP contribution in [0.25, 0.3) is 10.1 Å². The maximum atomic E-state index is 15.2. The number of ether oxygens (including phenoxy) is 2. The summed E-state index contributed by atoms with van der Waals surface area (Å²) < 4.78 is 123. The van der Waals surface area contributed by atoms with E-state index in [-0.39, 0.29) is 37.6 Å². The molecule has 0 aliphatic rings. The van der Waals surface area contributed by atoms with Crippen LogP contribution >= 0.6 is 18.9 Å². The first-order valence-corrected chi connectivity index (χ1v) is 14.9. The van der Waals surface area contributed by atoms with E-state index in [0.717, 1.165) is 12.1 Å². The van der Waals surface area contributed by atoms with Gasteiger partial charge in [0.15, 0.2) is 11.6 Å². The second-order valence-corrected chi connectivity index (χ2v) is 12.5. The Kier molecular flexibility index (Phi) is 9.62. The first-order valence-electron chi connectivity index (χ1n) is 10.9. The van der Waals surface area contributed by atoms with Crippen molar-refractivity contribution in [2.45, 2.75) is 10.4 Å². The monoisotopic (exact) mass is 630 g/mol. The first-order chi connectivity index (χ1) is 18.6. The highest BCUT2D eigenvalue weighted by Gasteiger charge is 2.35. The predicted molar refractivity (Wildman–Crippen MR) is 133 cm³/mol. The Balaban J connectivity index is 1.89. The van der Waals surface area contributed by atoms with E-state index in [2.05, 4.69) is 4.52 Å². The molecule has 1 unspecified atom stereocenters. The maximum absolute atomic E-state index is 15.2. The lowest BCUT2D eigenvalue weighted by Gasteiger charge is -2.16. The molecule has 3 rings (SSSR count). The summed E-state index contributed by atoms with van der Waals surface area (Å²) in [4.78, 5) is 10.1. The molecule has 0 saturated carbocycles. The molecule has 2 aromatic carbocycles. The molecule has 0 bridgehead atoms. The minimum Gasteiger partial charge on any atom is -0.486 e. The highest BCUT2D eigenvalue weighted by molar-refractivity contribution is 7.92.